The van der Waals surface area contributed by atoms with Gasteiger partial charge in [0.25, 0.3) is 11.5 Å². The second-order valence-electron chi connectivity index (χ2n) is 8.06. The van der Waals surface area contributed by atoms with Gasteiger partial charge in [-0.1, -0.05) is 35.3 Å². The van der Waals surface area contributed by atoms with Gasteiger partial charge in [0.05, 0.1) is 41.6 Å². The number of para-hydroxylation sites is 2. The summed E-state index contributed by atoms with van der Waals surface area (Å²) < 4.78 is 7.05. The molecule has 0 saturated heterocycles. The molecule has 1 N–H and O–H groups in total. The number of nitrogens with zero attached hydrogens (tertiary/aromatic N) is 4. The molecule has 11 heteroatoms. The quantitative estimate of drug-likeness (QED) is 0.376. The van der Waals surface area contributed by atoms with E-state index in [1.165, 1.54) is 15.9 Å². The molecule has 0 radical (unpaired) electrons. The number of carbonyl (C=O) groups excluding carboxylic acids is 1. The van der Waals surface area contributed by atoms with Gasteiger partial charge in [0.15, 0.2) is 0 Å². The molecule has 1 aliphatic rings. The van der Waals surface area contributed by atoms with Crippen molar-refractivity contribution >= 4 is 46.4 Å². The minimum atomic E-state index is -0.202. The standard InChI is InChI=1S/C25H21Cl2N5O3S/c1-35-21-5-3-2-4-20(21)32-24(34)16-8-10-31(23(33)15-6-7-17(26)18(27)12-15)14-19(16)30-25(32)29-13-22-28-9-11-36-22/h2-7,9,11-12H,8,10,13-14H2,1H3,(H,29,30). The summed E-state index contributed by atoms with van der Waals surface area (Å²) >= 11 is 13.6. The number of aromatic nitrogens is 3. The molecule has 3 heterocycles. The van der Waals surface area contributed by atoms with Crippen LogP contribution in [0.25, 0.3) is 5.69 Å². The van der Waals surface area contributed by atoms with Crippen molar-refractivity contribution < 1.29 is 9.53 Å². The maximum absolute atomic E-state index is 13.8. The van der Waals surface area contributed by atoms with Gasteiger partial charge >= 0.3 is 0 Å². The smallest absolute Gasteiger partial charge is 0.263 e. The molecule has 0 aliphatic carbocycles. The Bertz CT molecular complexity index is 1490. The number of nitrogens with one attached hydrogen (secondary N) is 1. The summed E-state index contributed by atoms with van der Waals surface area (Å²) in [6, 6.07) is 12.1. The molecule has 1 amide bonds. The Hall–Kier alpha value is -3.40. The van der Waals surface area contributed by atoms with Crippen LogP contribution in [0.3, 0.4) is 0 Å². The average molecular weight is 542 g/mol. The number of thiazole rings is 1. The normalized spacial score (nSPS) is 12.8. The number of ether oxygens (including phenoxy) is 1. The van der Waals surface area contributed by atoms with Crippen LogP contribution in [0.5, 0.6) is 5.75 Å². The SMILES string of the molecule is COc1ccccc1-n1c(NCc2nccs2)nc2c(c1=O)CCN(C(=O)c1ccc(Cl)c(Cl)c1)C2. The van der Waals surface area contributed by atoms with Gasteiger partial charge < -0.3 is 15.0 Å². The Kier molecular flexibility index (Phi) is 6.95. The van der Waals surface area contributed by atoms with Gasteiger partial charge in [0.1, 0.15) is 10.8 Å². The van der Waals surface area contributed by atoms with E-state index in [2.05, 4.69) is 10.3 Å². The monoisotopic (exact) mass is 541 g/mol. The van der Waals surface area contributed by atoms with Crippen LogP contribution in [0.15, 0.2) is 58.8 Å². The van der Waals surface area contributed by atoms with Crippen LogP contribution in [0.4, 0.5) is 5.95 Å². The van der Waals surface area contributed by atoms with Gasteiger partial charge in [-0.25, -0.2) is 14.5 Å². The van der Waals surface area contributed by atoms with Crippen LogP contribution in [0.1, 0.15) is 26.6 Å². The minimum Gasteiger partial charge on any atom is -0.495 e. The predicted molar refractivity (Wildman–Crippen MR) is 141 cm³/mol. The fourth-order valence-corrected chi connectivity index (χ4v) is 4.98. The molecule has 0 atom stereocenters. The molecule has 4 aromatic rings. The molecule has 0 fully saturated rings. The molecular weight excluding hydrogens is 521 g/mol. The first kappa shape index (κ1) is 24.3. The lowest BCUT2D eigenvalue weighted by Crippen LogP contribution is -2.40. The van der Waals surface area contributed by atoms with Gasteiger partial charge in [-0.2, -0.15) is 0 Å². The van der Waals surface area contributed by atoms with Gasteiger partial charge in [-0.3, -0.25) is 9.59 Å². The highest BCUT2D eigenvalue weighted by Crippen LogP contribution is 2.27. The van der Waals surface area contributed by atoms with Crippen LogP contribution < -0.4 is 15.6 Å². The second kappa shape index (κ2) is 10.3. The molecule has 5 rings (SSSR count). The Morgan fingerprint density at radius 3 is 2.78 bits per heavy atom. The van der Waals surface area contributed by atoms with Crippen LogP contribution >= 0.6 is 34.5 Å². The van der Waals surface area contributed by atoms with E-state index < -0.39 is 0 Å². The number of halogens is 2. The number of fused-ring (bicyclic) bond motifs is 1. The summed E-state index contributed by atoms with van der Waals surface area (Å²) in [6.45, 7) is 0.965. The number of rotatable bonds is 6. The lowest BCUT2D eigenvalue weighted by Gasteiger charge is -2.29. The van der Waals surface area contributed by atoms with E-state index in [-0.39, 0.29) is 18.0 Å². The lowest BCUT2D eigenvalue weighted by molar-refractivity contribution is 0.0731. The maximum Gasteiger partial charge on any atom is 0.263 e. The number of carbonyl (C=O) groups is 1. The molecule has 0 unspecified atom stereocenters. The van der Waals surface area contributed by atoms with Crippen molar-refractivity contribution in [3.8, 4) is 11.4 Å². The van der Waals surface area contributed by atoms with Crippen LogP contribution in [0, 0.1) is 0 Å². The van der Waals surface area contributed by atoms with E-state index >= 15 is 0 Å². The van der Waals surface area contributed by atoms with E-state index in [0.29, 0.717) is 63.8 Å². The zero-order valence-corrected chi connectivity index (χ0v) is 21.5. The van der Waals surface area contributed by atoms with E-state index in [9.17, 15) is 9.59 Å². The highest BCUT2D eigenvalue weighted by molar-refractivity contribution is 7.09. The first-order valence-electron chi connectivity index (χ1n) is 11.1. The summed E-state index contributed by atoms with van der Waals surface area (Å²) in [5, 5.41) is 6.69. The Balaban J connectivity index is 1.54. The summed E-state index contributed by atoms with van der Waals surface area (Å²) in [6.07, 6.45) is 2.10. The van der Waals surface area contributed by atoms with E-state index in [1.807, 2.05) is 23.6 Å². The van der Waals surface area contributed by atoms with Crippen LogP contribution in [-0.4, -0.2) is 39.0 Å². The molecule has 0 spiro atoms. The first-order chi connectivity index (χ1) is 17.5. The van der Waals surface area contributed by atoms with E-state index in [4.69, 9.17) is 32.9 Å². The summed E-state index contributed by atoms with van der Waals surface area (Å²) in [4.78, 5) is 37.7. The molecule has 2 aromatic heterocycles. The van der Waals surface area contributed by atoms with Crippen LogP contribution in [0.2, 0.25) is 10.0 Å². The van der Waals surface area contributed by atoms with Crippen molar-refractivity contribution in [1.29, 1.82) is 0 Å². The number of hydrogen-bond donors (Lipinski definition) is 1. The van der Waals surface area contributed by atoms with Crippen molar-refractivity contribution in [3.05, 3.63) is 96.3 Å². The minimum absolute atomic E-state index is 0.197. The molecule has 2 aromatic carbocycles. The summed E-state index contributed by atoms with van der Waals surface area (Å²) in [7, 11) is 1.56. The van der Waals surface area contributed by atoms with Gasteiger partial charge in [0, 0.05) is 29.2 Å². The zero-order valence-electron chi connectivity index (χ0n) is 19.2. The number of benzene rings is 2. The van der Waals surface area contributed by atoms with Gasteiger partial charge in [-0.05, 0) is 36.8 Å². The Morgan fingerprint density at radius 1 is 1.19 bits per heavy atom. The number of methoxy groups -OCH3 is 1. The molecule has 1 aliphatic heterocycles. The van der Waals surface area contributed by atoms with Gasteiger partial charge in [0.2, 0.25) is 5.95 Å². The Morgan fingerprint density at radius 2 is 2.03 bits per heavy atom. The highest BCUT2D eigenvalue weighted by atomic mass is 35.5. The molecular formula is C25H21Cl2N5O3S. The number of hydrogen-bond acceptors (Lipinski definition) is 7. The largest absolute Gasteiger partial charge is 0.495 e. The third kappa shape index (κ3) is 4.69. The van der Waals surface area contributed by atoms with Crippen molar-refractivity contribution in [3.63, 3.8) is 0 Å². The first-order valence-corrected chi connectivity index (χ1v) is 12.7. The van der Waals surface area contributed by atoms with Crippen molar-refractivity contribution in [2.45, 2.75) is 19.5 Å². The zero-order chi connectivity index (χ0) is 25.2. The average Bonchev–Trinajstić information content (AvgIpc) is 3.42. The Labute approximate surface area is 221 Å². The molecule has 8 nitrogen and oxygen atoms in total. The van der Waals surface area contributed by atoms with E-state index in [0.717, 1.165) is 5.01 Å². The number of amides is 1. The molecule has 0 saturated carbocycles. The number of anilines is 1. The van der Waals surface area contributed by atoms with Crippen molar-refractivity contribution in [2.75, 3.05) is 19.0 Å². The molecule has 36 heavy (non-hydrogen) atoms. The second-order valence-corrected chi connectivity index (χ2v) is 9.85. The summed E-state index contributed by atoms with van der Waals surface area (Å²) in [5.74, 6) is 0.695. The van der Waals surface area contributed by atoms with Gasteiger partial charge in [-0.15, -0.1) is 11.3 Å². The predicted octanol–water partition coefficient (Wildman–Crippen LogP) is 4.82. The lowest BCUT2D eigenvalue weighted by atomic mass is 10.0. The summed E-state index contributed by atoms with van der Waals surface area (Å²) in [5.41, 5.74) is 1.92. The topological polar surface area (TPSA) is 89.3 Å². The third-order valence-electron chi connectivity index (χ3n) is 5.90. The third-order valence-corrected chi connectivity index (χ3v) is 7.41. The fourth-order valence-electron chi connectivity index (χ4n) is 4.13. The fraction of sp³-hybridized carbons (Fsp3) is 0.200. The highest BCUT2D eigenvalue weighted by Gasteiger charge is 2.28. The van der Waals surface area contributed by atoms with E-state index in [1.54, 1.807) is 42.5 Å². The van der Waals surface area contributed by atoms with Crippen molar-refractivity contribution in [2.24, 2.45) is 0 Å². The molecule has 184 valence electrons. The molecule has 0 bridgehead atoms. The van der Waals surface area contributed by atoms with Crippen molar-refractivity contribution in [1.82, 2.24) is 19.4 Å². The van der Waals surface area contributed by atoms with Crippen LogP contribution in [-0.2, 0) is 19.5 Å². The maximum atomic E-state index is 13.8.